The molecule has 2 rings (SSSR count). The molecular weight excluding hydrogens is 1220 g/mol. The molecule has 0 saturated carbocycles. The Kier molecular flexibility index (Phi) is 20.4. The van der Waals surface area contributed by atoms with Gasteiger partial charge in [0.05, 0.1) is 0 Å². The minimum absolute atomic E-state index is 0. The summed E-state index contributed by atoms with van der Waals surface area (Å²) in [6, 6.07) is 0. The van der Waals surface area contributed by atoms with Crippen molar-refractivity contribution in [3.8, 4) is 0 Å². The monoisotopic (exact) mass is 1240 g/mol. The predicted molar refractivity (Wildman–Crippen MR) is 172 cm³/mol. The third kappa shape index (κ3) is 9.74. The second kappa shape index (κ2) is 19.6. The van der Waals surface area contributed by atoms with Gasteiger partial charge in [0.15, 0.2) is 0 Å². The molecule has 0 saturated heterocycles. The van der Waals surface area contributed by atoms with Crippen LogP contribution in [-0.2, 0) is 26.2 Å². The SMILES string of the molecule is C[Si](C)(C1=[C-]CC=C1)C(F)(F)C(F)(F)C(F)(F)C(F)(F)C(F)(F)C(F)(F)C(F)(F)C(F)(F)F.C[Si](C)(C1=[C-]CC=C1)C(F)(F)C(F)(F)C(F)(F)C(F)(F)C(F)(F)C(F)(F)C(F)(F)C(F)(F)F.Cl.Cl.[Zr+2]. The topological polar surface area (TPSA) is 0 Å². The fraction of sp³-hybridized carbons (Fsp3) is 0.733. The normalized spacial score (nSPS) is 17.3. The summed E-state index contributed by atoms with van der Waals surface area (Å²) >= 11 is 0. The summed E-state index contributed by atoms with van der Waals surface area (Å²) in [5, 5.41) is -1.79. The molecule has 0 bridgehead atoms. The molecule has 0 atom stereocenters. The molecule has 0 aromatic rings. The van der Waals surface area contributed by atoms with Crippen molar-refractivity contribution in [1.29, 1.82) is 0 Å². The number of allylic oxidation sites excluding steroid dienone is 8. The minimum atomic E-state index is -8.60. The van der Waals surface area contributed by atoms with Crippen LogP contribution >= 0.6 is 24.8 Å². The van der Waals surface area contributed by atoms with Crippen LogP contribution in [0.3, 0.4) is 0 Å². The quantitative estimate of drug-likeness (QED) is 0.0821. The Hall–Kier alpha value is -1.52. The van der Waals surface area contributed by atoms with Crippen LogP contribution in [0.2, 0.25) is 26.2 Å². The van der Waals surface area contributed by atoms with Gasteiger partial charge in [-0.25, -0.2) is 40.1 Å². The molecule has 406 valence electrons. The first-order valence-electron chi connectivity index (χ1n) is 16.2. The smallest absolute Gasteiger partial charge is 0.273 e. The van der Waals surface area contributed by atoms with Crippen LogP contribution in [0, 0.1) is 12.2 Å². The zero-order valence-electron chi connectivity index (χ0n) is 32.9. The molecular formula is C30H22Cl2F34Si2Zr. The Morgan fingerprint density at radius 3 is 0.609 bits per heavy atom. The number of alkyl halides is 34. The minimum Gasteiger partial charge on any atom is -0.273 e. The van der Waals surface area contributed by atoms with E-state index < -0.39 is 121 Å². The number of hydrogen-bond acceptors (Lipinski definition) is 0. The second-order valence-corrected chi connectivity index (χ2v) is 23.5. The third-order valence-corrected chi connectivity index (χ3v) is 16.9. The van der Waals surface area contributed by atoms with Gasteiger partial charge in [-0.1, -0.05) is 26.2 Å². The summed E-state index contributed by atoms with van der Waals surface area (Å²) in [4.78, 5) is 0. The van der Waals surface area contributed by atoms with E-state index in [0.29, 0.717) is 12.2 Å². The van der Waals surface area contributed by atoms with Crippen LogP contribution in [0.15, 0.2) is 34.7 Å². The molecule has 0 amide bonds. The van der Waals surface area contributed by atoms with Crippen molar-refractivity contribution < 1.29 is 175 Å². The first-order chi connectivity index (χ1) is 28.2. The van der Waals surface area contributed by atoms with Gasteiger partial charge >= 0.3 is 110 Å². The van der Waals surface area contributed by atoms with Crippen molar-refractivity contribution in [2.45, 2.75) is 134 Å². The first kappa shape index (κ1) is 71.7. The summed E-state index contributed by atoms with van der Waals surface area (Å²) < 4.78 is 454. The molecule has 0 nitrogen and oxygen atoms in total. The van der Waals surface area contributed by atoms with Crippen LogP contribution in [0.5, 0.6) is 0 Å². The van der Waals surface area contributed by atoms with E-state index >= 15 is 0 Å². The molecule has 0 radical (unpaired) electrons. The van der Waals surface area contributed by atoms with Gasteiger partial charge in [-0.2, -0.15) is 144 Å². The van der Waals surface area contributed by atoms with E-state index in [-0.39, 0.29) is 90.0 Å². The standard InChI is InChI=1S/2C15H10F17Si.2ClH.Zr/c2*1-33(2,7-5-3-4-6-7)15(31,32)13(26,27)11(22,23)9(18,19)8(16,17)10(20,21)12(24,25)14(28,29)30;;;/h2*3,5H,4H2,1-2H3;2*1H;/q2*-1;;;+2. The van der Waals surface area contributed by atoms with Crippen LogP contribution in [0.4, 0.5) is 149 Å². The Bertz CT molecular complexity index is 1790. The Balaban J connectivity index is -0.00000121. The van der Waals surface area contributed by atoms with E-state index in [1.165, 1.54) is 0 Å². The van der Waals surface area contributed by atoms with E-state index in [1.807, 2.05) is 12.2 Å². The number of halogens is 36. The van der Waals surface area contributed by atoms with Crippen molar-refractivity contribution >= 4 is 41.0 Å². The first-order valence-corrected chi connectivity index (χ1v) is 22.2. The zero-order chi connectivity index (χ0) is 53.8. The molecule has 0 fully saturated rings. The van der Waals surface area contributed by atoms with Gasteiger partial charge in [-0.3, -0.25) is 12.2 Å². The second-order valence-electron chi connectivity index (χ2n) is 14.7. The van der Waals surface area contributed by atoms with Gasteiger partial charge in [-0.05, 0) is 0 Å². The van der Waals surface area contributed by atoms with E-state index in [0.717, 1.165) is 12.2 Å². The molecule has 0 aromatic carbocycles. The molecule has 0 aliphatic heterocycles. The molecule has 39 heteroatoms. The van der Waals surface area contributed by atoms with Crippen LogP contribution in [-0.4, -0.2) is 111 Å². The van der Waals surface area contributed by atoms with Gasteiger partial charge in [0.1, 0.15) is 16.1 Å². The van der Waals surface area contributed by atoms with E-state index in [4.69, 9.17) is 0 Å². The van der Waals surface area contributed by atoms with Crippen LogP contribution in [0.1, 0.15) is 12.8 Å². The maximum absolute atomic E-state index is 14.4. The fourth-order valence-corrected chi connectivity index (χ4v) is 9.84. The molecule has 69 heavy (non-hydrogen) atoms. The summed E-state index contributed by atoms with van der Waals surface area (Å²) in [5.41, 5.74) is -12.7. The molecule has 0 N–H and O–H groups in total. The summed E-state index contributed by atoms with van der Waals surface area (Å²) in [7, 11) is -10.9. The van der Waals surface area contributed by atoms with Crippen molar-refractivity contribution in [2.75, 3.05) is 0 Å². The molecule has 0 unspecified atom stereocenters. The fourth-order valence-electron chi connectivity index (χ4n) is 5.12. The van der Waals surface area contributed by atoms with Crippen LogP contribution in [0.25, 0.3) is 0 Å². The van der Waals surface area contributed by atoms with Gasteiger partial charge < -0.3 is 0 Å². The summed E-state index contributed by atoms with van der Waals surface area (Å²) in [6.45, 7) is 0.657. The molecule has 2 aliphatic rings. The molecule has 2 aliphatic carbocycles. The largest absolute Gasteiger partial charge is 2.00 e. The maximum atomic E-state index is 14.4. The third-order valence-electron chi connectivity index (χ3n) is 9.75. The average molecular weight is 1250 g/mol. The summed E-state index contributed by atoms with van der Waals surface area (Å²) in [5.74, 6) is -99.4. The number of rotatable bonds is 16. The van der Waals surface area contributed by atoms with E-state index in [9.17, 15) is 149 Å². The Morgan fingerprint density at radius 2 is 0.464 bits per heavy atom. The van der Waals surface area contributed by atoms with Gasteiger partial charge in [-0.15, -0.1) is 37.7 Å². The van der Waals surface area contributed by atoms with Gasteiger partial charge in [0.2, 0.25) is 0 Å². The average Bonchev–Trinajstić information content (AvgIpc) is 3.86. The van der Waals surface area contributed by atoms with Crippen molar-refractivity contribution in [3.05, 3.63) is 46.8 Å². The Morgan fingerprint density at radius 1 is 0.304 bits per heavy atom. The zero-order valence-corrected chi connectivity index (χ0v) is 39.0. The van der Waals surface area contributed by atoms with Crippen molar-refractivity contribution in [3.63, 3.8) is 0 Å². The van der Waals surface area contributed by atoms with Crippen LogP contribution < -0.4 is 0 Å². The molecule has 0 spiro atoms. The molecule has 0 aromatic heterocycles. The van der Waals surface area contributed by atoms with Gasteiger partial charge in [0, 0.05) is 0 Å². The predicted octanol–water partition coefficient (Wildman–Crippen LogP) is 15.8. The van der Waals surface area contributed by atoms with E-state index in [2.05, 4.69) is 0 Å². The Labute approximate surface area is 396 Å². The van der Waals surface area contributed by atoms with Crippen molar-refractivity contribution in [2.24, 2.45) is 0 Å². The summed E-state index contributed by atoms with van der Waals surface area (Å²) in [6.07, 6.45) is -9.00. The van der Waals surface area contributed by atoms with Gasteiger partial charge in [0.25, 0.3) is 11.1 Å². The van der Waals surface area contributed by atoms with Crippen molar-refractivity contribution in [1.82, 2.24) is 0 Å². The number of hydrogen-bond donors (Lipinski definition) is 0. The molecule has 0 heterocycles. The van der Waals surface area contributed by atoms with E-state index in [1.54, 1.807) is 0 Å². The maximum Gasteiger partial charge on any atom is 2.00 e.